The fraction of sp³-hybridized carbons (Fsp3) is 0.395. The molecule has 0 bridgehead atoms. The Morgan fingerprint density at radius 2 is 1.83 bits per heavy atom. The SMILES string of the molecule is CN(c1cc(C2(C)C=CC(N3CCc4cccc(C(=O)Nc5nc6ccccc6s5)c4C3)=NC2C(=O)O)ccn1)C1CCCCCCC1. The highest BCUT2D eigenvalue weighted by Gasteiger charge is 2.42. The van der Waals surface area contributed by atoms with E-state index in [0.717, 1.165) is 52.0 Å². The van der Waals surface area contributed by atoms with Gasteiger partial charge in [0.05, 0.1) is 10.2 Å². The number of carboxylic acids is 1. The lowest BCUT2D eigenvalue weighted by Crippen LogP contribution is -2.46. The first-order valence-corrected chi connectivity index (χ1v) is 17.8. The molecule has 1 fully saturated rings. The highest BCUT2D eigenvalue weighted by molar-refractivity contribution is 7.22. The number of nitrogens with zero attached hydrogens (tertiary/aromatic N) is 5. The van der Waals surface area contributed by atoms with E-state index in [1.807, 2.05) is 67.6 Å². The molecule has 2 N–H and O–H groups in total. The smallest absolute Gasteiger partial charge is 0.329 e. The number of hydrogen-bond acceptors (Lipinski definition) is 8. The minimum absolute atomic E-state index is 0.206. The summed E-state index contributed by atoms with van der Waals surface area (Å²) in [5.74, 6) is 0.311. The molecule has 4 aromatic rings. The van der Waals surface area contributed by atoms with Crippen LogP contribution in [0.2, 0.25) is 0 Å². The van der Waals surface area contributed by atoms with Crippen LogP contribution in [0.1, 0.15) is 78.9 Å². The zero-order valence-corrected chi connectivity index (χ0v) is 28.4. The van der Waals surface area contributed by atoms with Crippen LogP contribution >= 0.6 is 11.3 Å². The van der Waals surface area contributed by atoms with Gasteiger partial charge in [0.2, 0.25) is 0 Å². The lowest BCUT2D eigenvalue weighted by atomic mass is 9.74. The standard InChI is InChI=1S/C38H42N6O3S/c1-38(26-18-21-39-33(23-26)43(2)27-12-6-4-3-5-7-13-27)20-17-32(41-34(38)36(46)47)44-22-19-25-11-10-14-28(29(25)24-44)35(45)42-37-40-30-15-8-9-16-31(30)48-37/h8-11,14-18,20-21,23,27,34H,3-7,12-13,19,22,24H2,1-2H3,(H,46,47)(H,40,42,45). The first kappa shape index (κ1) is 32.0. The van der Waals surface area contributed by atoms with Crippen LogP contribution in [0.4, 0.5) is 10.9 Å². The van der Waals surface area contributed by atoms with E-state index in [1.54, 1.807) is 6.20 Å². The second-order valence-electron chi connectivity index (χ2n) is 13.4. The maximum absolute atomic E-state index is 13.5. The van der Waals surface area contributed by atoms with Gasteiger partial charge in [-0.1, -0.05) is 73.8 Å². The van der Waals surface area contributed by atoms with Crippen LogP contribution in [0.3, 0.4) is 0 Å². The Labute approximate surface area is 285 Å². The van der Waals surface area contributed by atoms with E-state index < -0.39 is 17.4 Å². The van der Waals surface area contributed by atoms with Crippen molar-refractivity contribution in [3.05, 3.63) is 95.2 Å². The van der Waals surface area contributed by atoms with E-state index >= 15 is 0 Å². The zero-order chi connectivity index (χ0) is 33.3. The number of thiazole rings is 1. The monoisotopic (exact) mass is 662 g/mol. The van der Waals surface area contributed by atoms with Crippen molar-refractivity contribution in [3.63, 3.8) is 0 Å². The summed E-state index contributed by atoms with van der Waals surface area (Å²) in [4.78, 5) is 44.9. The lowest BCUT2D eigenvalue weighted by molar-refractivity contribution is -0.139. The average Bonchev–Trinajstić information content (AvgIpc) is 3.50. The van der Waals surface area contributed by atoms with Crippen LogP contribution < -0.4 is 10.2 Å². The molecule has 10 heteroatoms. The second kappa shape index (κ2) is 13.5. The number of amidine groups is 1. The summed E-state index contributed by atoms with van der Waals surface area (Å²) in [6.07, 6.45) is 15.1. The molecule has 2 unspecified atom stereocenters. The maximum atomic E-state index is 13.5. The van der Waals surface area contributed by atoms with E-state index in [-0.39, 0.29) is 5.91 Å². The molecule has 3 aliphatic rings. The minimum Gasteiger partial charge on any atom is -0.480 e. The number of carboxylic acid groups (broad SMARTS) is 1. The van der Waals surface area contributed by atoms with Crippen molar-refractivity contribution in [2.45, 2.75) is 82.3 Å². The van der Waals surface area contributed by atoms with E-state index in [1.165, 1.54) is 43.4 Å². The van der Waals surface area contributed by atoms with E-state index in [9.17, 15) is 14.7 Å². The summed E-state index contributed by atoms with van der Waals surface area (Å²) >= 11 is 1.45. The Bertz CT molecular complexity index is 1860. The number of fused-ring (bicyclic) bond motifs is 2. The van der Waals surface area contributed by atoms with Crippen molar-refractivity contribution < 1.29 is 14.7 Å². The molecule has 0 spiro atoms. The van der Waals surface area contributed by atoms with Gasteiger partial charge in [-0.2, -0.15) is 0 Å². The summed E-state index contributed by atoms with van der Waals surface area (Å²) in [5.41, 5.74) is 3.51. The number of hydrogen-bond donors (Lipinski definition) is 2. The quantitative estimate of drug-likeness (QED) is 0.224. The molecule has 9 nitrogen and oxygen atoms in total. The van der Waals surface area contributed by atoms with Crippen LogP contribution in [0.5, 0.6) is 0 Å². The molecule has 2 aromatic heterocycles. The van der Waals surface area contributed by atoms with Crippen molar-refractivity contribution in [3.8, 4) is 0 Å². The molecule has 2 atom stereocenters. The van der Waals surface area contributed by atoms with Gasteiger partial charge in [-0.25, -0.2) is 14.8 Å². The number of anilines is 2. The topological polar surface area (TPSA) is 111 Å². The number of aromatic nitrogens is 2. The Balaban J connectivity index is 1.11. The number of benzene rings is 2. The van der Waals surface area contributed by atoms with Gasteiger partial charge >= 0.3 is 5.97 Å². The number of aliphatic imine (C=N–C) groups is 1. The van der Waals surface area contributed by atoms with Crippen LogP contribution in [-0.2, 0) is 23.2 Å². The minimum atomic E-state index is -1.02. The fourth-order valence-electron chi connectivity index (χ4n) is 7.44. The molecule has 2 aliphatic heterocycles. The molecule has 1 saturated carbocycles. The normalized spacial score (nSPS) is 21.6. The number of carbonyl (C=O) groups is 2. The van der Waals surface area contributed by atoms with Gasteiger partial charge in [0, 0.05) is 43.4 Å². The van der Waals surface area contributed by atoms with E-state index in [2.05, 4.69) is 33.2 Å². The first-order valence-electron chi connectivity index (χ1n) is 17.0. The van der Waals surface area contributed by atoms with Gasteiger partial charge < -0.3 is 14.9 Å². The Morgan fingerprint density at radius 1 is 1.04 bits per heavy atom. The van der Waals surface area contributed by atoms with Crippen LogP contribution in [0.25, 0.3) is 10.2 Å². The summed E-state index contributed by atoms with van der Waals surface area (Å²) < 4.78 is 1.01. The van der Waals surface area contributed by atoms with Gasteiger partial charge in [-0.15, -0.1) is 0 Å². The number of dihydropyridines is 1. The molecular formula is C38H42N6O3S. The summed E-state index contributed by atoms with van der Waals surface area (Å²) in [6, 6.07) is 17.0. The molecule has 1 amide bonds. The number of rotatable bonds is 6. The molecule has 0 radical (unpaired) electrons. The molecule has 48 heavy (non-hydrogen) atoms. The lowest BCUT2D eigenvalue weighted by Gasteiger charge is -2.38. The van der Waals surface area contributed by atoms with Gasteiger partial charge in [0.25, 0.3) is 5.91 Å². The number of amides is 1. The molecular weight excluding hydrogens is 621 g/mol. The van der Waals surface area contributed by atoms with Crippen molar-refractivity contribution in [2.24, 2.45) is 4.99 Å². The van der Waals surface area contributed by atoms with Gasteiger partial charge in [0.1, 0.15) is 11.7 Å². The van der Waals surface area contributed by atoms with Gasteiger partial charge in [0.15, 0.2) is 11.2 Å². The van der Waals surface area contributed by atoms with Crippen molar-refractivity contribution >= 4 is 50.2 Å². The Morgan fingerprint density at radius 3 is 2.62 bits per heavy atom. The zero-order valence-electron chi connectivity index (χ0n) is 27.6. The molecule has 2 aromatic carbocycles. The van der Waals surface area contributed by atoms with Crippen LogP contribution in [-0.4, -0.2) is 63.4 Å². The largest absolute Gasteiger partial charge is 0.480 e. The molecule has 7 rings (SSSR count). The highest BCUT2D eigenvalue weighted by atomic mass is 32.1. The van der Waals surface area contributed by atoms with Gasteiger partial charge in [-0.05, 0) is 79.3 Å². The summed E-state index contributed by atoms with van der Waals surface area (Å²) in [7, 11) is 2.12. The molecule has 1 aliphatic carbocycles. The van der Waals surface area contributed by atoms with Crippen molar-refractivity contribution in [2.75, 3.05) is 23.8 Å². The number of pyridine rings is 1. The first-order chi connectivity index (χ1) is 23.3. The van der Waals surface area contributed by atoms with Crippen LogP contribution in [0, 0.1) is 0 Å². The third kappa shape index (κ3) is 6.33. The van der Waals surface area contributed by atoms with E-state index in [0.29, 0.717) is 35.7 Å². The third-order valence-corrected chi connectivity index (χ3v) is 11.3. The van der Waals surface area contributed by atoms with Crippen LogP contribution in [0.15, 0.2) is 77.9 Å². The number of nitrogens with one attached hydrogen (secondary N) is 1. The second-order valence-corrected chi connectivity index (χ2v) is 14.4. The van der Waals surface area contributed by atoms with Crippen molar-refractivity contribution in [1.29, 1.82) is 0 Å². The predicted octanol–water partition coefficient (Wildman–Crippen LogP) is 7.23. The van der Waals surface area contributed by atoms with Gasteiger partial charge in [-0.3, -0.25) is 15.1 Å². The number of carbonyl (C=O) groups excluding carboxylic acids is 1. The summed E-state index contributed by atoms with van der Waals surface area (Å²) in [5, 5.41) is 14.1. The molecule has 4 heterocycles. The summed E-state index contributed by atoms with van der Waals surface area (Å²) in [6.45, 7) is 3.08. The van der Waals surface area contributed by atoms with E-state index in [4.69, 9.17) is 9.98 Å². The fourth-order valence-corrected chi connectivity index (χ4v) is 8.30. The number of para-hydroxylation sites is 1. The number of aliphatic carboxylic acids is 1. The predicted molar refractivity (Wildman–Crippen MR) is 192 cm³/mol. The maximum Gasteiger partial charge on any atom is 0.329 e. The Hall–Kier alpha value is -4.57. The average molecular weight is 663 g/mol. The van der Waals surface area contributed by atoms with Crippen molar-refractivity contribution in [1.82, 2.24) is 14.9 Å². The Kier molecular flexibility index (Phi) is 9.00. The highest BCUT2D eigenvalue weighted by Crippen LogP contribution is 2.37. The third-order valence-electron chi connectivity index (χ3n) is 10.3. The molecule has 248 valence electrons. The molecule has 0 saturated heterocycles.